The number of imidazole rings is 1. The quantitative estimate of drug-likeness (QED) is 0.778. The Balaban J connectivity index is 1.83. The van der Waals surface area contributed by atoms with Gasteiger partial charge in [0.25, 0.3) is 0 Å². The summed E-state index contributed by atoms with van der Waals surface area (Å²) in [6.45, 7) is 3.65. The summed E-state index contributed by atoms with van der Waals surface area (Å²) in [6.07, 6.45) is 7.01. The van der Waals surface area contributed by atoms with E-state index < -0.39 is 9.84 Å². The second kappa shape index (κ2) is 6.00. The van der Waals surface area contributed by atoms with Gasteiger partial charge in [0, 0.05) is 12.4 Å². The maximum atomic E-state index is 11.9. The molecule has 3 rings (SSSR count). The molecule has 1 atom stereocenters. The van der Waals surface area contributed by atoms with Gasteiger partial charge in [0.2, 0.25) is 0 Å². The van der Waals surface area contributed by atoms with E-state index in [4.69, 9.17) is 0 Å². The number of aromatic nitrogens is 3. The summed E-state index contributed by atoms with van der Waals surface area (Å²) in [4.78, 5) is 8.81. The van der Waals surface area contributed by atoms with Crippen molar-refractivity contribution in [1.29, 1.82) is 0 Å². The van der Waals surface area contributed by atoms with Crippen LogP contribution in [-0.2, 0) is 9.84 Å². The fraction of sp³-hybridized carbons (Fsp3) is 0.250. The number of hydrogen-bond donors (Lipinski definition) is 1. The average molecular weight is 330 g/mol. The van der Waals surface area contributed by atoms with Crippen LogP contribution >= 0.6 is 0 Å². The molecule has 0 amide bonds. The average Bonchev–Trinajstić information content (AvgIpc) is 3.04. The van der Waals surface area contributed by atoms with E-state index in [-0.39, 0.29) is 11.8 Å². The molecule has 120 valence electrons. The molecular formula is C16H18N4O2S. The number of nitrogens with zero attached hydrogens (tertiary/aromatic N) is 3. The number of anilines is 1. The van der Waals surface area contributed by atoms with Crippen molar-refractivity contribution in [3.8, 4) is 0 Å². The molecule has 6 nitrogen and oxygen atoms in total. The highest BCUT2D eigenvalue weighted by molar-refractivity contribution is 7.91. The van der Waals surface area contributed by atoms with Crippen molar-refractivity contribution < 1.29 is 8.42 Å². The number of sulfone groups is 1. The minimum Gasteiger partial charge on any atom is -0.362 e. The highest BCUT2D eigenvalue weighted by Crippen LogP contribution is 2.22. The van der Waals surface area contributed by atoms with Crippen molar-refractivity contribution in [1.82, 2.24) is 14.4 Å². The first-order valence-corrected chi connectivity index (χ1v) is 9.02. The van der Waals surface area contributed by atoms with Crippen LogP contribution in [0.5, 0.6) is 0 Å². The van der Waals surface area contributed by atoms with Crippen LogP contribution in [0.3, 0.4) is 0 Å². The van der Waals surface area contributed by atoms with Crippen molar-refractivity contribution in [2.24, 2.45) is 0 Å². The van der Waals surface area contributed by atoms with E-state index in [0.29, 0.717) is 4.90 Å². The van der Waals surface area contributed by atoms with Crippen LogP contribution in [0.4, 0.5) is 5.82 Å². The van der Waals surface area contributed by atoms with Gasteiger partial charge in [-0.05, 0) is 24.6 Å². The zero-order chi connectivity index (χ0) is 16.4. The van der Waals surface area contributed by atoms with Gasteiger partial charge in [0.05, 0.1) is 29.2 Å². The summed E-state index contributed by atoms with van der Waals surface area (Å²) in [5.74, 6) is 0.843. The monoisotopic (exact) mass is 330 g/mol. The molecule has 2 aromatic heterocycles. The summed E-state index contributed by atoms with van der Waals surface area (Å²) in [5.41, 5.74) is 1.88. The molecule has 0 bridgehead atoms. The first-order valence-electron chi connectivity index (χ1n) is 7.37. The molecule has 0 saturated carbocycles. The Hall–Kier alpha value is -2.41. The molecule has 7 heteroatoms. The van der Waals surface area contributed by atoms with Gasteiger partial charge < -0.3 is 9.72 Å². The highest BCUT2D eigenvalue weighted by Gasteiger charge is 2.13. The van der Waals surface area contributed by atoms with Crippen LogP contribution in [0.1, 0.15) is 25.5 Å². The van der Waals surface area contributed by atoms with E-state index in [2.05, 4.69) is 15.3 Å². The maximum Gasteiger partial charge on any atom is 0.178 e. The second-order valence-corrected chi connectivity index (χ2v) is 7.58. The first kappa shape index (κ1) is 15.5. The van der Waals surface area contributed by atoms with E-state index in [9.17, 15) is 8.42 Å². The van der Waals surface area contributed by atoms with Crippen LogP contribution in [0.2, 0.25) is 0 Å². The third-order valence-electron chi connectivity index (χ3n) is 3.81. The molecule has 0 fully saturated rings. The number of nitrogens with one attached hydrogen (secondary N) is 1. The summed E-state index contributed by atoms with van der Waals surface area (Å²) < 4.78 is 25.6. The van der Waals surface area contributed by atoms with Gasteiger partial charge in [-0.25, -0.2) is 18.4 Å². The number of fused-ring (bicyclic) bond motifs is 1. The molecule has 0 aliphatic rings. The predicted octanol–water partition coefficient (Wildman–Crippen LogP) is 2.70. The second-order valence-electron chi connectivity index (χ2n) is 5.30. The molecule has 1 N–H and O–H groups in total. The van der Waals surface area contributed by atoms with E-state index in [1.54, 1.807) is 37.8 Å². The Morgan fingerprint density at radius 1 is 1.26 bits per heavy atom. The van der Waals surface area contributed by atoms with Gasteiger partial charge in [-0.15, -0.1) is 0 Å². The largest absolute Gasteiger partial charge is 0.362 e. The Bertz CT molecular complexity index is 917. The maximum absolute atomic E-state index is 11.9. The van der Waals surface area contributed by atoms with Gasteiger partial charge in [0.15, 0.2) is 15.7 Å². The lowest BCUT2D eigenvalue weighted by atomic mass is 10.1. The van der Waals surface area contributed by atoms with Crippen LogP contribution < -0.4 is 5.32 Å². The molecular weight excluding hydrogens is 312 g/mol. The topological polar surface area (TPSA) is 76.4 Å². The Morgan fingerprint density at radius 3 is 2.70 bits per heavy atom. The number of benzene rings is 1. The Kier molecular flexibility index (Phi) is 4.04. The van der Waals surface area contributed by atoms with Gasteiger partial charge >= 0.3 is 0 Å². The molecule has 0 spiro atoms. The molecule has 1 unspecified atom stereocenters. The lowest BCUT2D eigenvalue weighted by Gasteiger charge is -2.16. The fourth-order valence-electron chi connectivity index (χ4n) is 2.38. The fourth-order valence-corrected chi connectivity index (χ4v) is 3.27. The summed E-state index contributed by atoms with van der Waals surface area (Å²) in [6, 6.07) is 6.95. The van der Waals surface area contributed by atoms with E-state index >= 15 is 0 Å². The molecule has 23 heavy (non-hydrogen) atoms. The molecule has 0 radical (unpaired) electrons. The van der Waals surface area contributed by atoms with Gasteiger partial charge in [-0.3, -0.25) is 0 Å². The van der Waals surface area contributed by atoms with Crippen molar-refractivity contribution >= 4 is 21.2 Å². The standard InChI is InChI=1S/C16H18N4O2S/c1-3-23(21,22)14-6-4-13(5-7-14)12(2)19-16-15-10-17-11-20(15)9-8-18-16/h4-12H,3H2,1-2H3,(H,18,19). The summed E-state index contributed by atoms with van der Waals surface area (Å²) in [5, 5.41) is 3.34. The minimum absolute atomic E-state index is 0.0121. The third-order valence-corrected chi connectivity index (χ3v) is 5.56. The van der Waals surface area contributed by atoms with Crippen LogP contribution in [0, 0.1) is 0 Å². The Morgan fingerprint density at radius 2 is 2.00 bits per heavy atom. The highest BCUT2D eigenvalue weighted by atomic mass is 32.2. The lowest BCUT2D eigenvalue weighted by molar-refractivity contribution is 0.597. The van der Waals surface area contributed by atoms with Gasteiger partial charge in [0.1, 0.15) is 5.52 Å². The molecule has 1 aromatic carbocycles. The van der Waals surface area contributed by atoms with E-state index in [1.807, 2.05) is 29.7 Å². The van der Waals surface area contributed by atoms with Gasteiger partial charge in [-0.2, -0.15) is 0 Å². The molecule has 0 saturated heterocycles. The van der Waals surface area contributed by atoms with Crippen LogP contribution in [0.15, 0.2) is 54.1 Å². The van der Waals surface area contributed by atoms with Crippen molar-refractivity contribution in [2.45, 2.75) is 24.8 Å². The zero-order valence-electron chi connectivity index (χ0n) is 13.0. The first-order chi connectivity index (χ1) is 11.0. The van der Waals surface area contributed by atoms with Gasteiger partial charge in [-0.1, -0.05) is 19.1 Å². The summed E-state index contributed by atoms with van der Waals surface area (Å²) >= 11 is 0. The normalized spacial score (nSPS) is 13.1. The predicted molar refractivity (Wildman–Crippen MR) is 89.2 cm³/mol. The van der Waals surface area contributed by atoms with Crippen molar-refractivity contribution in [3.05, 3.63) is 54.7 Å². The molecule has 3 aromatic rings. The number of hydrogen-bond acceptors (Lipinski definition) is 5. The van der Waals surface area contributed by atoms with Crippen molar-refractivity contribution in [3.63, 3.8) is 0 Å². The SMILES string of the molecule is CCS(=O)(=O)c1ccc(C(C)Nc2nccn3cncc23)cc1. The van der Waals surface area contributed by atoms with Crippen molar-refractivity contribution in [2.75, 3.05) is 11.1 Å². The molecule has 2 heterocycles. The van der Waals surface area contributed by atoms with Crippen LogP contribution in [-0.4, -0.2) is 28.5 Å². The smallest absolute Gasteiger partial charge is 0.178 e. The molecule has 0 aliphatic heterocycles. The summed E-state index contributed by atoms with van der Waals surface area (Å²) in [7, 11) is -3.17. The third kappa shape index (κ3) is 3.05. The van der Waals surface area contributed by atoms with E-state index in [1.165, 1.54) is 0 Å². The Labute approximate surface area is 135 Å². The minimum atomic E-state index is -3.17. The molecule has 0 aliphatic carbocycles. The number of rotatable bonds is 5. The zero-order valence-corrected chi connectivity index (χ0v) is 13.8. The van der Waals surface area contributed by atoms with E-state index in [0.717, 1.165) is 16.9 Å². The lowest BCUT2D eigenvalue weighted by Crippen LogP contribution is -2.09. The van der Waals surface area contributed by atoms with Crippen LogP contribution in [0.25, 0.3) is 5.52 Å².